The Labute approximate surface area is 135 Å². The molecule has 1 amide bonds. The van der Waals surface area contributed by atoms with Gasteiger partial charge in [-0.2, -0.15) is 13.2 Å². The summed E-state index contributed by atoms with van der Waals surface area (Å²) >= 11 is 0. The van der Waals surface area contributed by atoms with Crippen LogP contribution in [0.25, 0.3) is 11.2 Å². The highest BCUT2D eigenvalue weighted by Gasteiger charge is 2.49. The zero-order valence-corrected chi connectivity index (χ0v) is 13.1. The van der Waals surface area contributed by atoms with Gasteiger partial charge in [0.1, 0.15) is 5.52 Å². The maximum atomic E-state index is 13.1. The molecule has 1 fully saturated rings. The van der Waals surface area contributed by atoms with Crippen LogP contribution in [0.2, 0.25) is 0 Å². The third kappa shape index (κ3) is 3.21. The van der Waals surface area contributed by atoms with Crippen molar-refractivity contribution in [3.63, 3.8) is 0 Å². The molecule has 2 aromatic heterocycles. The number of aromatic nitrogens is 3. The summed E-state index contributed by atoms with van der Waals surface area (Å²) in [6.45, 7) is 1.98. The topological polar surface area (TPSA) is 90.9 Å². The second-order valence-corrected chi connectivity index (χ2v) is 6.57. The van der Waals surface area contributed by atoms with Gasteiger partial charge in [-0.1, -0.05) is 0 Å². The lowest BCUT2D eigenvalue weighted by Crippen LogP contribution is -2.57. The zero-order valence-electron chi connectivity index (χ0n) is 13.1. The molecule has 0 bridgehead atoms. The third-order valence-corrected chi connectivity index (χ3v) is 3.95. The van der Waals surface area contributed by atoms with Crippen molar-refractivity contribution >= 4 is 17.1 Å². The number of amides is 1. The molecule has 9 heteroatoms. The van der Waals surface area contributed by atoms with Gasteiger partial charge in [-0.3, -0.25) is 4.79 Å². The lowest BCUT2D eigenvalue weighted by molar-refractivity contribution is -0.192. The molecule has 0 aliphatic heterocycles. The lowest BCUT2D eigenvalue weighted by atomic mass is 9.98. The summed E-state index contributed by atoms with van der Waals surface area (Å²) in [6, 6.07) is -2.40. The summed E-state index contributed by atoms with van der Waals surface area (Å²) in [7, 11) is 0. The summed E-state index contributed by atoms with van der Waals surface area (Å²) in [6.07, 6.45) is 0.0644. The van der Waals surface area contributed by atoms with Crippen LogP contribution in [0.1, 0.15) is 48.7 Å². The van der Waals surface area contributed by atoms with Gasteiger partial charge >= 0.3 is 6.18 Å². The van der Waals surface area contributed by atoms with E-state index in [-0.39, 0.29) is 11.1 Å². The molecule has 24 heavy (non-hydrogen) atoms. The first kappa shape index (κ1) is 16.7. The molecular weight excluding hydrogens is 325 g/mol. The number of halogens is 3. The molecule has 2 aromatic rings. The Hall–Kier alpha value is -2.16. The number of carbonyl (C=O) groups excluding carboxylic acids is 1. The number of hydrogen-bond acceptors (Lipinski definition) is 4. The van der Waals surface area contributed by atoms with E-state index in [1.54, 1.807) is 6.20 Å². The average molecular weight is 342 g/mol. The van der Waals surface area contributed by atoms with Crippen molar-refractivity contribution in [2.24, 2.45) is 0 Å². The van der Waals surface area contributed by atoms with Crippen LogP contribution in [0.5, 0.6) is 0 Å². The molecular formula is C15H17F3N4O2. The smallest absolute Gasteiger partial charge is 0.388 e. The zero-order chi connectivity index (χ0) is 17.7. The van der Waals surface area contributed by atoms with Crippen LogP contribution in [0.4, 0.5) is 13.2 Å². The molecule has 1 saturated carbocycles. The average Bonchev–Trinajstić information content (AvgIpc) is 3.21. The van der Waals surface area contributed by atoms with E-state index >= 15 is 0 Å². The number of rotatable bonds is 4. The van der Waals surface area contributed by atoms with E-state index in [0.29, 0.717) is 11.6 Å². The highest BCUT2D eigenvalue weighted by Crippen LogP contribution is 2.39. The lowest BCUT2D eigenvalue weighted by Gasteiger charge is -2.31. The molecule has 6 nitrogen and oxygen atoms in total. The van der Waals surface area contributed by atoms with Crippen molar-refractivity contribution in [3.05, 3.63) is 23.7 Å². The van der Waals surface area contributed by atoms with Crippen molar-refractivity contribution < 1.29 is 23.1 Å². The number of aromatic amines is 1. The number of nitrogens with one attached hydrogen (secondary N) is 2. The third-order valence-electron chi connectivity index (χ3n) is 3.95. The van der Waals surface area contributed by atoms with Crippen LogP contribution < -0.4 is 5.32 Å². The van der Waals surface area contributed by atoms with E-state index < -0.39 is 23.7 Å². The fraction of sp³-hybridized carbons (Fsp3) is 0.533. The van der Waals surface area contributed by atoms with Crippen molar-refractivity contribution in [1.29, 1.82) is 0 Å². The van der Waals surface area contributed by atoms with E-state index in [2.05, 4.69) is 15.0 Å². The van der Waals surface area contributed by atoms with Gasteiger partial charge in [0.25, 0.3) is 5.91 Å². The Kier molecular flexibility index (Phi) is 3.78. The first-order valence-corrected chi connectivity index (χ1v) is 7.51. The minimum atomic E-state index is -4.79. The van der Waals surface area contributed by atoms with Crippen LogP contribution in [-0.4, -0.2) is 43.8 Å². The highest BCUT2D eigenvalue weighted by atomic mass is 19.4. The maximum absolute atomic E-state index is 13.1. The molecule has 1 atom stereocenters. The van der Waals surface area contributed by atoms with E-state index in [4.69, 9.17) is 0 Å². The van der Waals surface area contributed by atoms with E-state index in [0.717, 1.165) is 32.4 Å². The van der Waals surface area contributed by atoms with Crippen LogP contribution in [0, 0.1) is 0 Å². The van der Waals surface area contributed by atoms with Crippen LogP contribution in [0.3, 0.4) is 0 Å². The molecule has 3 rings (SSSR count). The molecule has 1 unspecified atom stereocenters. The minimum Gasteiger partial charge on any atom is -0.388 e. The van der Waals surface area contributed by atoms with Gasteiger partial charge in [0.05, 0.1) is 23.1 Å². The fourth-order valence-electron chi connectivity index (χ4n) is 2.52. The molecule has 0 saturated heterocycles. The van der Waals surface area contributed by atoms with Crippen molar-refractivity contribution in [2.75, 3.05) is 0 Å². The molecule has 0 aromatic carbocycles. The second kappa shape index (κ2) is 5.44. The maximum Gasteiger partial charge on any atom is 0.411 e. The highest BCUT2D eigenvalue weighted by molar-refractivity contribution is 6.04. The minimum absolute atomic E-state index is 0.0292. The fourth-order valence-corrected chi connectivity index (χ4v) is 2.52. The van der Waals surface area contributed by atoms with Gasteiger partial charge in [0.15, 0.2) is 11.7 Å². The molecule has 0 radical (unpaired) electrons. The molecule has 2 heterocycles. The standard InChI is InChI=1S/C15H17F3N4O2/c1-14(2,24)13(15(16,17)18)22-12(23)8-5-19-11-10(8)21-9(6-20-11)7-3-4-7/h5-7,13,24H,3-4H2,1-2H3,(H,19,20)(H,22,23). The summed E-state index contributed by atoms with van der Waals surface area (Å²) < 4.78 is 39.3. The van der Waals surface area contributed by atoms with Gasteiger partial charge in [-0.25, -0.2) is 9.97 Å². The largest absolute Gasteiger partial charge is 0.411 e. The van der Waals surface area contributed by atoms with Crippen LogP contribution in [0.15, 0.2) is 12.4 Å². The molecule has 130 valence electrons. The number of hydrogen-bond donors (Lipinski definition) is 3. The normalized spacial score (nSPS) is 17.1. The number of carbonyl (C=O) groups is 1. The van der Waals surface area contributed by atoms with Gasteiger partial charge in [-0.05, 0) is 26.7 Å². The number of H-pyrrole nitrogens is 1. The van der Waals surface area contributed by atoms with Crippen LogP contribution in [-0.2, 0) is 0 Å². The first-order valence-electron chi connectivity index (χ1n) is 7.51. The van der Waals surface area contributed by atoms with Crippen molar-refractivity contribution in [2.45, 2.75) is 50.4 Å². The van der Waals surface area contributed by atoms with E-state index in [1.807, 2.05) is 5.32 Å². The number of nitrogens with zero attached hydrogens (tertiary/aromatic N) is 2. The quantitative estimate of drug-likeness (QED) is 0.795. The molecule has 1 aliphatic carbocycles. The summed E-state index contributed by atoms with van der Waals surface area (Å²) in [4.78, 5) is 23.5. The Morgan fingerprint density at radius 1 is 1.42 bits per heavy atom. The predicted octanol–water partition coefficient (Wildman–Crippen LogP) is 2.27. The summed E-state index contributed by atoms with van der Waals surface area (Å²) in [5.41, 5.74) is -0.903. The van der Waals surface area contributed by atoms with Gasteiger partial charge in [0.2, 0.25) is 0 Å². The number of fused-ring (bicyclic) bond motifs is 1. The van der Waals surface area contributed by atoms with E-state index in [9.17, 15) is 23.1 Å². The Bertz CT molecular complexity index is 761. The van der Waals surface area contributed by atoms with Crippen molar-refractivity contribution in [3.8, 4) is 0 Å². The number of aliphatic hydroxyl groups is 1. The number of alkyl halides is 3. The SMILES string of the molecule is CC(C)(O)C(NC(=O)c1c[nH]c2ncc(C3CC3)nc12)C(F)(F)F. The Morgan fingerprint density at radius 3 is 2.62 bits per heavy atom. The van der Waals surface area contributed by atoms with Gasteiger partial charge in [0, 0.05) is 12.1 Å². The van der Waals surface area contributed by atoms with Gasteiger partial charge < -0.3 is 15.4 Å². The second-order valence-electron chi connectivity index (χ2n) is 6.57. The summed E-state index contributed by atoms with van der Waals surface area (Å²) in [5.74, 6) is -0.667. The predicted molar refractivity (Wildman–Crippen MR) is 79.5 cm³/mol. The molecule has 1 aliphatic rings. The van der Waals surface area contributed by atoms with Gasteiger partial charge in [-0.15, -0.1) is 0 Å². The van der Waals surface area contributed by atoms with Crippen LogP contribution >= 0.6 is 0 Å². The van der Waals surface area contributed by atoms with E-state index in [1.165, 1.54) is 6.20 Å². The Morgan fingerprint density at radius 2 is 2.08 bits per heavy atom. The van der Waals surface area contributed by atoms with Crippen molar-refractivity contribution in [1.82, 2.24) is 20.3 Å². The summed E-state index contributed by atoms with van der Waals surface area (Å²) in [5, 5.41) is 11.6. The first-order chi connectivity index (χ1) is 11.1. The Balaban J connectivity index is 1.91. The monoisotopic (exact) mass is 342 g/mol. The molecule has 0 spiro atoms. The molecule has 3 N–H and O–H groups in total.